The maximum absolute atomic E-state index is 12.5. The van der Waals surface area contributed by atoms with Crippen LogP contribution in [-0.4, -0.2) is 42.3 Å². The molecule has 2 aromatic heterocycles. The number of ether oxygens (including phenoxy) is 2. The van der Waals surface area contributed by atoms with Gasteiger partial charge in [0.15, 0.2) is 0 Å². The lowest BCUT2D eigenvalue weighted by molar-refractivity contribution is 0.0389. The Hall–Kier alpha value is -2.08. The summed E-state index contributed by atoms with van der Waals surface area (Å²) in [7, 11) is 1.58. The third-order valence-electron chi connectivity index (χ3n) is 4.77. The van der Waals surface area contributed by atoms with Crippen LogP contribution in [0.2, 0.25) is 0 Å². The molecule has 1 saturated carbocycles. The molecule has 1 aliphatic rings. The highest BCUT2D eigenvalue weighted by Crippen LogP contribution is 2.35. The molecule has 3 rings (SSSR count). The second-order valence-corrected chi connectivity index (χ2v) is 6.72. The SMILES string of the molecule is COCCOC(=O)c1cnc2[nH]ccc2c1NC1CC(C)CC1C. The van der Waals surface area contributed by atoms with E-state index in [0.29, 0.717) is 30.0 Å². The molecule has 0 amide bonds. The number of aromatic amines is 1. The topological polar surface area (TPSA) is 76.2 Å². The first-order chi connectivity index (χ1) is 11.6. The number of pyridine rings is 1. The lowest BCUT2D eigenvalue weighted by Crippen LogP contribution is -2.24. The van der Waals surface area contributed by atoms with Crippen LogP contribution < -0.4 is 5.32 Å². The number of aromatic nitrogens is 2. The van der Waals surface area contributed by atoms with E-state index in [0.717, 1.165) is 23.1 Å². The van der Waals surface area contributed by atoms with Crippen molar-refractivity contribution in [3.8, 4) is 0 Å². The maximum atomic E-state index is 12.5. The van der Waals surface area contributed by atoms with Crippen molar-refractivity contribution in [3.05, 3.63) is 24.0 Å². The summed E-state index contributed by atoms with van der Waals surface area (Å²) < 4.78 is 10.2. The third kappa shape index (κ3) is 3.38. The van der Waals surface area contributed by atoms with Crippen molar-refractivity contribution in [2.75, 3.05) is 25.6 Å². The Bertz CT molecular complexity index is 713. The van der Waals surface area contributed by atoms with Crippen LogP contribution in [0.5, 0.6) is 0 Å². The van der Waals surface area contributed by atoms with Crippen LogP contribution in [-0.2, 0) is 9.47 Å². The second-order valence-electron chi connectivity index (χ2n) is 6.72. The molecule has 0 bridgehead atoms. The number of hydrogen-bond donors (Lipinski definition) is 2. The lowest BCUT2D eigenvalue weighted by atomic mass is 10.0. The molecule has 3 atom stereocenters. The van der Waals surface area contributed by atoms with Gasteiger partial charge in [0, 0.05) is 30.9 Å². The molecular weight excluding hydrogens is 306 g/mol. The monoisotopic (exact) mass is 331 g/mol. The summed E-state index contributed by atoms with van der Waals surface area (Å²) in [6.07, 6.45) is 5.73. The summed E-state index contributed by atoms with van der Waals surface area (Å²) in [5.74, 6) is 0.890. The van der Waals surface area contributed by atoms with Gasteiger partial charge in [-0.1, -0.05) is 13.8 Å². The molecule has 6 heteroatoms. The fraction of sp³-hybridized carbons (Fsp3) is 0.556. The van der Waals surface area contributed by atoms with Gasteiger partial charge in [-0.05, 0) is 30.7 Å². The zero-order valence-corrected chi connectivity index (χ0v) is 14.5. The number of rotatable bonds is 6. The first-order valence-electron chi connectivity index (χ1n) is 8.48. The molecule has 0 aliphatic heterocycles. The average Bonchev–Trinajstić information content (AvgIpc) is 3.14. The summed E-state index contributed by atoms with van der Waals surface area (Å²) in [4.78, 5) is 19.9. The molecule has 0 saturated heterocycles. The molecule has 24 heavy (non-hydrogen) atoms. The molecule has 2 heterocycles. The largest absolute Gasteiger partial charge is 0.460 e. The normalized spacial score (nSPS) is 23.5. The van der Waals surface area contributed by atoms with E-state index in [4.69, 9.17) is 9.47 Å². The van der Waals surface area contributed by atoms with Crippen molar-refractivity contribution in [2.45, 2.75) is 32.7 Å². The Labute approximate surface area is 141 Å². The molecule has 130 valence electrons. The molecule has 0 spiro atoms. The van der Waals surface area contributed by atoms with Crippen molar-refractivity contribution >= 4 is 22.7 Å². The van der Waals surface area contributed by atoms with Gasteiger partial charge in [-0.25, -0.2) is 9.78 Å². The fourth-order valence-electron chi connectivity index (χ4n) is 3.56. The van der Waals surface area contributed by atoms with Crippen LogP contribution in [0, 0.1) is 11.8 Å². The van der Waals surface area contributed by atoms with Crippen LogP contribution in [0.1, 0.15) is 37.0 Å². The number of nitrogens with zero attached hydrogens (tertiary/aromatic N) is 1. The van der Waals surface area contributed by atoms with Crippen LogP contribution in [0.4, 0.5) is 5.69 Å². The number of esters is 1. The summed E-state index contributed by atoms with van der Waals surface area (Å²) in [6.45, 7) is 5.14. The van der Waals surface area contributed by atoms with Gasteiger partial charge in [0.2, 0.25) is 0 Å². The van der Waals surface area contributed by atoms with Gasteiger partial charge in [-0.3, -0.25) is 0 Å². The Morgan fingerprint density at radius 3 is 2.92 bits per heavy atom. The number of carbonyl (C=O) groups excluding carboxylic acids is 1. The van der Waals surface area contributed by atoms with Crippen LogP contribution in [0.25, 0.3) is 11.0 Å². The molecule has 0 radical (unpaired) electrons. The standard InChI is InChI=1S/C18H25N3O3/c1-11-8-12(2)15(9-11)21-16-13-4-5-19-17(13)20-10-14(16)18(22)24-7-6-23-3/h4-5,10-12,15H,6-9H2,1-3H3,(H2,19,20,21). The maximum Gasteiger partial charge on any atom is 0.341 e. The van der Waals surface area contributed by atoms with Crippen molar-refractivity contribution in [1.82, 2.24) is 9.97 Å². The zero-order chi connectivity index (χ0) is 17.1. The number of hydrogen-bond acceptors (Lipinski definition) is 5. The highest BCUT2D eigenvalue weighted by molar-refractivity contribution is 6.04. The highest BCUT2D eigenvalue weighted by Gasteiger charge is 2.30. The summed E-state index contributed by atoms with van der Waals surface area (Å²) in [5.41, 5.74) is 2.06. The molecule has 2 N–H and O–H groups in total. The van der Waals surface area contributed by atoms with E-state index in [1.807, 2.05) is 12.3 Å². The van der Waals surface area contributed by atoms with Gasteiger partial charge in [0.25, 0.3) is 0 Å². The first kappa shape index (κ1) is 16.8. The minimum absolute atomic E-state index is 0.233. The first-order valence-corrected chi connectivity index (χ1v) is 8.48. The second kappa shape index (κ2) is 7.21. The van der Waals surface area contributed by atoms with Gasteiger partial charge in [0.05, 0.1) is 12.3 Å². The fourth-order valence-corrected chi connectivity index (χ4v) is 3.56. The Kier molecular flexibility index (Phi) is 5.04. The number of H-pyrrole nitrogens is 1. The molecule has 2 aromatic rings. The van der Waals surface area contributed by atoms with E-state index < -0.39 is 0 Å². The van der Waals surface area contributed by atoms with Crippen LogP contribution in [0.15, 0.2) is 18.5 Å². The Morgan fingerprint density at radius 1 is 1.38 bits per heavy atom. The third-order valence-corrected chi connectivity index (χ3v) is 4.77. The van der Waals surface area contributed by atoms with Crippen LogP contribution >= 0.6 is 0 Å². The van der Waals surface area contributed by atoms with Gasteiger partial charge in [0.1, 0.15) is 17.8 Å². The number of fused-ring (bicyclic) bond motifs is 1. The molecule has 6 nitrogen and oxygen atoms in total. The molecule has 1 fully saturated rings. The van der Waals surface area contributed by atoms with E-state index in [-0.39, 0.29) is 12.6 Å². The minimum Gasteiger partial charge on any atom is -0.460 e. The predicted molar refractivity (Wildman–Crippen MR) is 93.2 cm³/mol. The summed E-state index contributed by atoms with van der Waals surface area (Å²) in [6, 6.07) is 2.30. The van der Waals surface area contributed by atoms with Gasteiger partial charge in [-0.2, -0.15) is 0 Å². The quantitative estimate of drug-likeness (QED) is 0.628. The molecular formula is C18H25N3O3. The van der Waals surface area contributed by atoms with E-state index in [2.05, 4.69) is 29.1 Å². The molecule has 0 aromatic carbocycles. The van der Waals surface area contributed by atoms with E-state index in [9.17, 15) is 4.79 Å². The predicted octanol–water partition coefficient (Wildman–Crippen LogP) is 3.21. The number of nitrogens with one attached hydrogen (secondary N) is 2. The molecule has 3 unspecified atom stereocenters. The van der Waals surface area contributed by atoms with Crippen molar-refractivity contribution in [1.29, 1.82) is 0 Å². The van der Waals surface area contributed by atoms with Gasteiger partial charge in [-0.15, -0.1) is 0 Å². The highest BCUT2D eigenvalue weighted by atomic mass is 16.6. The van der Waals surface area contributed by atoms with E-state index >= 15 is 0 Å². The zero-order valence-electron chi connectivity index (χ0n) is 14.5. The smallest absolute Gasteiger partial charge is 0.341 e. The Morgan fingerprint density at radius 2 is 2.21 bits per heavy atom. The van der Waals surface area contributed by atoms with Crippen molar-refractivity contribution in [3.63, 3.8) is 0 Å². The Balaban J connectivity index is 1.89. The van der Waals surface area contributed by atoms with Gasteiger partial charge >= 0.3 is 5.97 Å². The number of methoxy groups -OCH3 is 1. The summed E-state index contributed by atoms with van der Waals surface area (Å²) in [5, 5.41) is 4.52. The lowest BCUT2D eigenvalue weighted by Gasteiger charge is -2.21. The van der Waals surface area contributed by atoms with Crippen molar-refractivity contribution < 1.29 is 14.3 Å². The number of carbonyl (C=O) groups is 1. The van der Waals surface area contributed by atoms with Crippen LogP contribution in [0.3, 0.4) is 0 Å². The average molecular weight is 331 g/mol. The van der Waals surface area contributed by atoms with Gasteiger partial charge < -0.3 is 19.8 Å². The van der Waals surface area contributed by atoms with Crippen molar-refractivity contribution in [2.24, 2.45) is 11.8 Å². The number of anilines is 1. The molecule has 1 aliphatic carbocycles. The van der Waals surface area contributed by atoms with E-state index in [1.165, 1.54) is 6.42 Å². The minimum atomic E-state index is -0.371. The van der Waals surface area contributed by atoms with E-state index in [1.54, 1.807) is 13.3 Å². The summed E-state index contributed by atoms with van der Waals surface area (Å²) >= 11 is 0.